The molecule has 1 N–H and O–H groups in total. The fourth-order valence-corrected chi connectivity index (χ4v) is 4.72. The monoisotopic (exact) mass is 386 g/mol. The second-order valence-corrected chi connectivity index (χ2v) is 8.58. The number of Topliss-reactive ketones (excluding diaryl/α,β-unsaturated/α-hetero) is 1. The van der Waals surface area contributed by atoms with Gasteiger partial charge in [-0.3, -0.25) is 9.59 Å². The second kappa shape index (κ2) is 8.02. The Labute approximate surface area is 159 Å². The van der Waals surface area contributed by atoms with E-state index in [2.05, 4.69) is 5.32 Å². The highest BCUT2D eigenvalue weighted by Crippen LogP contribution is 2.25. The van der Waals surface area contributed by atoms with Gasteiger partial charge in [0.2, 0.25) is 15.9 Å². The van der Waals surface area contributed by atoms with E-state index >= 15 is 0 Å². The molecule has 1 fully saturated rings. The molecule has 1 amide bonds. The zero-order valence-corrected chi connectivity index (χ0v) is 15.9. The number of anilines is 1. The van der Waals surface area contributed by atoms with Crippen LogP contribution in [0.15, 0.2) is 59.5 Å². The van der Waals surface area contributed by atoms with Gasteiger partial charge in [-0.25, -0.2) is 8.42 Å². The molecule has 3 rings (SSSR count). The van der Waals surface area contributed by atoms with E-state index in [0.717, 1.165) is 0 Å². The van der Waals surface area contributed by atoms with Crippen LogP contribution in [0, 0.1) is 5.92 Å². The zero-order chi connectivity index (χ0) is 19.4. The third-order valence-electron chi connectivity index (χ3n) is 4.67. The molecule has 1 aliphatic rings. The molecule has 0 aliphatic carbocycles. The van der Waals surface area contributed by atoms with Gasteiger partial charge in [0.05, 0.1) is 10.8 Å². The van der Waals surface area contributed by atoms with Crippen LogP contribution in [-0.2, 0) is 14.8 Å². The van der Waals surface area contributed by atoms with Crippen molar-refractivity contribution < 1.29 is 18.0 Å². The number of rotatable bonds is 5. The van der Waals surface area contributed by atoms with E-state index in [1.807, 2.05) is 0 Å². The molecule has 7 heteroatoms. The molecule has 1 aliphatic heterocycles. The minimum Gasteiger partial charge on any atom is -0.326 e. The molecule has 0 radical (unpaired) electrons. The summed E-state index contributed by atoms with van der Waals surface area (Å²) in [7, 11) is -3.61. The Morgan fingerprint density at radius 1 is 1.07 bits per heavy atom. The number of piperidine rings is 1. The van der Waals surface area contributed by atoms with Crippen molar-refractivity contribution in [3.8, 4) is 0 Å². The van der Waals surface area contributed by atoms with Gasteiger partial charge in [0.1, 0.15) is 0 Å². The van der Waals surface area contributed by atoms with Crippen LogP contribution < -0.4 is 5.32 Å². The topological polar surface area (TPSA) is 83.6 Å². The molecule has 1 saturated heterocycles. The first kappa shape index (κ1) is 19.3. The molecule has 0 saturated carbocycles. The lowest BCUT2D eigenvalue weighted by atomic mass is 9.98. The minimum atomic E-state index is -3.61. The summed E-state index contributed by atoms with van der Waals surface area (Å²) in [6.07, 6.45) is 1.25. The van der Waals surface area contributed by atoms with Crippen molar-refractivity contribution in [1.29, 1.82) is 0 Å². The third-order valence-corrected chi connectivity index (χ3v) is 6.55. The maximum Gasteiger partial charge on any atom is 0.243 e. The van der Waals surface area contributed by atoms with Crippen LogP contribution >= 0.6 is 0 Å². The van der Waals surface area contributed by atoms with Crippen LogP contribution in [0.1, 0.15) is 30.1 Å². The SMILES string of the molecule is CC(=O)c1cccc(NC(=O)[C@@H]2CCCN(S(=O)(=O)c3ccccc3)C2)c1. The van der Waals surface area contributed by atoms with Crippen molar-refractivity contribution in [3.05, 3.63) is 60.2 Å². The van der Waals surface area contributed by atoms with Crippen molar-refractivity contribution in [2.75, 3.05) is 18.4 Å². The fraction of sp³-hybridized carbons (Fsp3) is 0.300. The first-order valence-corrected chi connectivity index (χ1v) is 10.3. The van der Waals surface area contributed by atoms with Gasteiger partial charge in [0, 0.05) is 24.3 Å². The van der Waals surface area contributed by atoms with Crippen LogP contribution in [0.25, 0.3) is 0 Å². The summed E-state index contributed by atoms with van der Waals surface area (Å²) in [4.78, 5) is 24.4. The highest BCUT2D eigenvalue weighted by molar-refractivity contribution is 7.89. The largest absolute Gasteiger partial charge is 0.326 e. The molecule has 142 valence electrons. The smallest absolute Gasteiger partial charge is 0.243 e. The van der Waals surface area contributed by atoms with Crippen molar-refractivity contribution in [2.24, 2.45) is 5.92 Å². The van der Waals surface area contributed by atoms with Gasteiger partial charge in [-0.15, -0.1) is 0 Å². The molecule has 0 bridgehead atoms. The van der Waals surface area contributed by atoms with Crippen molar-refractivity contribution in [1.82, 2.24) is 4.31 Å². The summed E-state index contributed by atoms with van der Waals surface area (Å²) in [5.41, 5.74) is 1.06. The Balaban J connectivity index is 1.72. The second-order valence-electron chi connectivity index (χ2n) is 6.64. The number of ketones is 1. The van der Waals surface area contributed by atoms with E-state index in [4.69, 9.17) is 0 Å². The number of carbonyl (C=O) groups is 2. The third kappa shape index (κ3) is 4.43. The first-order valence-electron chi connectivity index (χ1n) is 8.85. The molecular weight excluding hydrogens is 364 g/mol. The van der Waals surface area contributed by atoms with E-state index in [1.54, 1.807) is 54.6 Å². The summed E-state index contributed by atoms with van der Waals surface area (Å²) in [6.45, 7) is 2.02. The van der Waals surface area contributed by atoms with Gasteiger partial charge in [-0.2, -0.15) is 4.31 Å². The lowest BCUT2D eigenvalue weighted by Gasteiger charge is -2.31. The fourth-order valence-electron chi connectivity index (χ4n) is 3.18. The molecule has 2 aromatic carbocycles. The zero-order valence-electron chi connectivity index (χ0n) is 15.1. The summed E-state index contributed by atoms with van der Waals surface area (Å²) < 4.78 is 27.0. The summed E-state index contributed by atoms with van der Waals surface area (Å²) >= 11 is 0. The standard InChI is InChI=1S/C20H22N2O4S/c1-15(23)16-7-5-9-18(13-16)21-20(24)17-8-6-12-22(14-17)27(25,26)19-10-3-2-4-11-19/h2-5,7,9-11,13,17H,6,8,12,14H2,1H3,(H,21,24)/t17-/m1/s1. The van der Waals surface area contributed by atoms with Gasteiger partial charge >= 0.3 is 0 Å². The summed E-state index contributed by atoms with van der Waals surface area (Å²) in [6, 6.07) is 15.0. The van der Waals surface area contributed by atoms with E-state index in [1.165, 1.54) is 11.2 Å². The number of hydrogen-bond donors (Lipinski definition) is 1. The predicted octanol–water partition coefficient (Wildman–Crippen LogP) is 2.93. The van der Waals surface area contributed by atoms with Gasteiger partial charge in [0.15, 0.2) is 5.78 Å². The van der Waals surface area contributed by atoms with E-state index in [0.29, 0.717) is 30.6 Å². The summed E-state index contributed by atoms with van der Waals surface area (Å²) in [5, 5.41) is 2.81. The Morgan fingerprint density at radius 2 is 1.81 bits per heavy atom. The number of hydrogen-bond acceptors (Lipinski definition) is 4. The average Bonchev–Trinajstić information content (AvgIpc) is 2.69. The highest BCUT2D eigenvalue weighted by Gasteiger charge is 2.33. The van der Waals surface area contributed by atoms with Crippen LogP contribution in [0.5, 0.6) is 0 Å². The van der Waals surface area contributed by atoms with Gasteiger partial charge in [0.25, 0.3) is 0 Å². The van der Waals surface area contributed by atoms with Gasteiger partial charge in [-0.05, 0) is 44.0 Å². The molecule has 0 aromatic heterocycles. The highest BCUT2D eigenvalue weighted by atomic mass is 32.2. The average molecular weight is 386 g/mol. The molecule has 0 unspecified atom stereocenters. The molecule has 0 spiro atoms. The van der Waals surface area contributed by atoms with Crippen molar-refractivity contribution in [2.45, 2.75) is 24.7 Å². The number of nitrogens with one attached hydrogen (secondary N) is 1. The number of benzene rings is 2. The van der Waals surface area contributed by atoms with Crippen LogP contribution in [0.3, 0.4) is 0 Å². The number of carbonyl (C=O) groups excluding carboxylic acids is 2. The quantitative estimate of drug-likeness (QED) is 0.801. The Kier molecular flexibility index (Phi) is 5.72. The Hall–Kier alpha value is -2.51. The maximum atomic E-state index is 12.8. The van der Waals surface area contributed by atoms with Crippen LogP contribution in [-0.4, -0.2) is 37.5 Å². The molecular formula is C20H22N2O4S. The minimum absolute atomic E-state index is 0.0797. The Bertz CT molecular complexity index is 941. The van der Waals surface area contributed by atoms with E-state index < -0.39 is 15.9 Å². The van der Waals surface area contributed by atoms with Crippen molar-refractivity contribution >= 4 is 27.4 Å². The Morgan fingerprint density at radius 3 is 2.52 bits per heavy atom. The molecule has 6 nitrogen and oxygen atoms in total. The summed E-state index contributed by atoms with van der Waals surface area (Å²) in [5.74, 6) is -0.745. The van der Waals surface area contributed by atoms with Crippen LogP contribution in [0.4, 0.5) is 5.69 Å². The van der Waals surface area contributed by atoms with Gasteiger partial charge in [-0.1, -0.05) is 30.3 Å². The number of nitrogens with zero attached hydrogens (tertiary/aromatic N) is 1. The molecule has 1 atom stereocenters. The van der Waals surface area contributed by atoms with E-state index in [9.17, 15) is 18.0 Å². The maximum absolute atomic E-state index is 12.8. The first-order chi connectivity index (χ1) is 12.9. The number of amides is 1. The molecule has 27 heavy (non-hydrogen) atoms. The molecule has 2 aromatic rings. The normalized spacial score (nSPS) is 18.0. The van der Waals surface area contributed by atoms with Crippen molar-refractivity contribution in [3.63, 3.8) is 0 Å². The molecule has 1 heterocycles. The van der Waals surface area contributed by atoms with E-state index in [-0.39, 0.29) is 23.1 Å². The lowest BCUT2D eigenvalue weighted by Crippen LogP contribution is -2.43. The van der Waals surface area contributed by atoms with Crippen LogP contribution in [0.2, 0.25) is 0 Å². The lowest BCUT2D eigenvalue weighted by molar-refractivity contribution is -0.120. The van der Waals surface area contributed by atoms with Gasteiger partial charge < -0.3 is 5.32 Å². The number of sulfonamides is 1. The predicted molar refractivity (Wildman–Crippen MR) is 103 cm³/mol.